The van der Waals surface area contributed by atoms with Gasteiger partial charge >= 0.3 is 5.97 Å². The van der Waals surface area contributed by atoms with Crippen molar-refractivity contribution in [2.45, 2.75) is 78.9 Å². The van der Waals surface area contributed by atoms with Gasteiger partial charge in [0.15, 0.2) is 5.60 Å². The first-order chi connectivity index (χ1) is 11.2. The standard InChI is InChI=1S/C17H34NO6P/c1-10-22-12-15(6,7)17(25-21,23-11-2)18(14(3,4)5)24-16(8,9)13(19)20/h10-12H2,1-9H3,(H,19,20). The normalized spacial score (nSPS) is 16.2. The van der Waals surface area contributed by atoms with Gasteiger partial charge in [-0.2, -0.15) is 0 Å². The Bertz CT molecular complexity index is 461. The van der Waals surface area contributed by atoms with Gasteiger partial charge in [-0.1, -0.05) is 13.8 Å². The maximum Gasteiger partial charge on any atom is 0.337 e. The van der Waals surface area contributed by atoms with E-state index in [4.69, 9.17) is 14.3 Å². The van der Waals surface area contributed by atoms with Gasteiger partial charge in [-0.05, 0) is 48.5 Å². The zero-order chi connectivity index (χ0) is 20.1. The number of hydrogen-bond donors (Lipinski definition) is 1. The minimum Gasteiger partial charge on any atom is -0.479 e. The average Bonchev–Trinajstić information content (AvgIpc) is 2.47. The molecule has 1 unspecified atom stereocenters. The van der Waals surface area contributed by atoms with Crippen LogP contribution in [0.1, 0.15) is 62.3 Å². The van der Waals surface area contributed by atoms with Crippen molar-refractivity contribution in [2.24, 2.45) is 5.41 Å². The first kappa shape index (κ1) is 24.4. The molecule has 0 radical (unpaired) electrons. The van der Waals surface area contributed by atoms with E-state index in [1.54, 1.807) is 6.92 Å². The number of aliphatic carboxylic acids is 1. The van der Waals surface area contributed by atoms with Crippen molar-refractivity contribution in [2.75, 3.05) is 19.8 Å². The summed E-state index contributed by atoms with van der Waals surface area (Å²) < 4.78 is 23.9. The smallest absolute Gasteiger partial charge is 0.337 e. The van der Waals surface area contributed by atoms with Crippen LogP contribution in [0.2, 0.25) is 0 Å². The van der Waals surface area contributed by atoms with Crippen LogP contribution in [0, 0.1) is 5.41 Å². The van der Waals surface area contributed by atoms with E-state index < -0.39 is 28.0 Å². The van der Waals surface area contributed by atoms with E-state index in [1.807, 2.05) is 41.5 Å². The van der Waals surface area contributed by atoms with Gasteiger partial charge in [0.2, 0.25) is 13.9 Å². The zero-order valence-corrected chi connectivity index (χ0v) is 17.9. The largest absolute Gasteiger partial charge is 0.479 e. The molecule has 0 aliphatic heterocycles. The summed E-state index contributed by atoms with van der Waals surface area (Å²) in [7, 11) is -0.340. The topological polar surface area (TPSA) is 85.3 Å². The molecule has 25 heavy (non-hydrogen) atoms. The third-order valence-corrected chi connectivity index (χ3v) is 4.90. The van der Waals surface area contributed by atoms with Gasteiger partial charge < -0.3 is 14.6 Å². The second-order valence-electron chi connectivity index (χ2n) is 8.03. The fourth-order valence-corrected chi connectivity index (χ4v) is 3.20. The number of carboxylic acids is 1. The lowest BCUT2D eigenvalue weighted by molar-refractivity contribution is -0.368. The van der Waals surface area contributed by atoms with Crippen LogP contribution in [0.15, 0.2) is 0 Å². The third kappa shape index (κ3) is 5.69. The Balaban J connectivity index is 6.29. The van der Waals surface area contributed by atoms with E-state index in [9.17, 15) is 14.5 Å². The molecule has 0 fully saturated rings. The number of nitrogens with zero attached hydrogens (tertiary/aromatic N) is 1. The summed E-state index contributed by atoms with van der Waals surface area (Å²) in [5, 5.41) is 10.9. The van der Waals surface area contributed by atoms with Crippen LogP contribution in [-0.4, -0.2) is 52.6 Å². The molecule has 0 aliphatic rings. The van der Waals surface area contributed by atoms with E-state index in [-0.39, 0.29) is 21.7 Å². The highest BCUT2D eigenvalue weighted by Gasteiger charge is 2.58. The number of carboxylic acid groups (broad SMARTS) is 1. The molecule has 0 aromatic carbocycles. The molecule has 1 atom stereocenters. The first-order valence-corrected chi connectivity index (χ1v) is 9.32. The predicted molar refractivity (Wildman–Crippen MR) is 96.6 cm³/mol. The maximum atomic E-state index is 12.4. The van der Waals surface area contributed by atoms with Gasteiger partial charge in [0.1, 0.15) is 0 Å². The van der Waals surface area contributed by atoms with Gasteiger partial charge in [0.25, 0.3) is 0 Å². The zero-order valence-electron chi connectivity index (χ0n) is 17.0. The molecular weight excluding hydrogens is 345 g/mol. The molecule has 148 valence electrons. The van der Waals surface area contributed by atoms with Crippen molar-refractivity contribution >= 4 is 14.4 Å². The number of rotatable bonds is 11. The van der Waals surface area contributed by atoms with Crippen molar-refractivity contribution in [3.63, 3.8) is 0 Å². The monoisotopic (exact) mass is 379 g/mol. The maximum absolute atomic E-state index is 12.4. The van der Waals surface area contributed by atoms with E-state index in [0.717, 1.165) is 0 Å². The Kier molecular flexibility index (Phi) is 8.66. The minimum absolute atomic E-state index is 0.266. The number of carbonyl (C=O) groups is 1. The van der Waals surface area contributed by atoms with Crippen LogP contribution < -0.4 is 0 Å². The van der Waals surface area contributed by atoms with Gasteiger partial charge in [-0.25, -0.2) is 4.79 Å². The van der Waals surface area contributed by atoms with Gasteiger partial charge in [-0.15, -0.1) is 5.06 Å². The molecule has 0 bridgehead atoms. The second-order valence-corrected chi connectivity index (χ2v) is 8.81. The van der Waals surface area contributed by atoms with Gasteiger partial charge in [-0.3, -0.25) is 9.40 Å². The molecule has 0 amide bonds. The van der Waals surface area contributed by atoms with E-state index in [2.05, 4.69) is 0 Å². The van der Waals surface area contributed by atoms with E-state index in [0.29, 0.717) is 6.61 Å². The summed E-state index contributed by atoms with van der Waals surface area (Å²) in [5.41, 5.74) is -4.41. The number of hydrogen-bond acceptors (Lipinski definition) is 6. The molecule has 0 saturated carbocycles. The van der Waals surface area contributed by atoms with Crippen molar-refractivity contribution < 1.29 is 28.8 Å². The van der Waals surface area contributed by atoms with Crippen LogP contribution in [0.4, 0.5) is 0 Å². The van der Waals surface area contributed by atoms with Crippen LogP contribution in [0.3, 0.4) is 0 Å². The van der Waals surface area contributed by atoms with Crippen molar-refractivity contribution in [1.82, 2.24) is 5.06 Å². The Labute approximate surface area is 153 Å². The fraction of sp³-hybridized carbons (Fsp3) is 0.941. The SMILES string of the molecule is CCOCC(C)(C)C(OCC)(P=O)N(OC(C)(C)C(=O)O)C(C)(C)C. The Hall–Kier alpha value is -0.590. The minimum atomic E-state index is -1.53. The Morgan fingerprint density at radius 1 is 1.04 bits per heavy atom. The highest BCUT2D eigenvalue weighted by molar-refractivity contribution is 7.25. The molecule has 7 nitrogen and oxygen atoms in total. The van der Waals surface area contributed by atoms with Crippen molar-refractivity contribution in [1.29, 1.82) is 0 Å². The second kappa shape index (κ2) is 8.87. The highest BCUT2D eigenvalue weighted by atomic mass is 31.1. The third-order valence-electron chi connectivity index (χ3n) is 3.74. The quantitative estimate of drug-likeness (QED) is 0.331. The molecule has 0 spiro atoms. The fourth-order valence-electron chi connectivity index (χ4n) is 2.29. The molecule has 1 N–H and O–H groups in total. The number of ether oxygens (including phenoxy) is 2. The van der Waals surface area contributed by atoms with Gasteiger partial charge in [0, 0.05) is 24.2 Å². The summed E-state index contributed by atoms with van der Waals surface area (Å²) in [4.78, 5) is 17.5. The van der Waals surface area contributed by atoms with E-state index >= 15 is 0 Å². The van der Waals surface area contributed by atoms with Crippen LogP contribution in [-0.2, 0) is 23.7 Å². The van der Waals surface area contributed by atoms with Crippen LogP contribution in [0.5, 0.6) is 0 Å². The molecule has 0 aromatic rings. The van der Waals surface area contributed by atoms with Crippen molar-refractivity contribution in [3.8, 4) is 0 Å². The predicted octanol–water partition coefficient (Wildman–Crippen LogP) is 3.93. The average molecular weight is 379 g/mol. The summed E-state index contributed by atoms with van der Waals surface area (Å²) >= 11 is 0. The molecule has 0 rings (SSSR count). The van der Waals surface area contributed by atoms with Gasteiger partial charge in [0.05, 0.1) is 6.61 Å². The van der Waals surface area contributed by atoms with Crippen LogP contribution >= 0.6 is 8.46 Å². The van der Waals surface area contributed by atoms with E-state index in [1.165, 1.54) is 18.9 Å². The lowest BCUT2D eigenvalue weighted by Crippen LogP contribution is -2.65. The molecule has 0 heterocycles. The summed E-state index contributed by atoms with van der Waals surface area (Å²) in [6, 6.07) is 0. The number of hydroxylamine groups is 2. The molecule has 0 aliphatic carbocycles. The molecule has 8 heteroatoms. The Morgan fingerprint density at radius 3 is 1.88 bits per heavy atom. The van der Waals surface area contributed by atoms with Crippen LogP contribution in [0.25, 0.3) is 0 Å². The Morgan fingerprint density at radius 2 is 1.56 bits per heavy atom. The van der Waals surface area contributed by atoms with Crippen molar-refractivity contribution in [3.05, 3.63) is 0 Å². The summed E-state index contributed by atoms with van der Waals surface area (Å²) in [5.74, 6) is -1.13. The molecule has 0 saturated heterocycles. The lowest BCUT2D eigenvalue weighted by atomic mass is 9.89. The highest BCUT2D eigenvalue weighted by Crippen LogP contribution is 2.49. The summed E-state index contributed by atoms with van der Waals surface area (Å²) in [6.07, 6.45) is 0. The lowest BCUT2D eigenvalue weighted by Gasteiger charge is -2.53. The molecule has 0 aromatic heterocycles. The summed E-state index contributed by atoms with van der Waals surface area (Å²) in [6.45, 7) is 16.9. The first-order valence-electron chi connectivity index (χ1n) is 8.51. The molecular formula is C17H34NO6P.